The first kappa shape index (κ1) is 13.6. The van der Waals surface area contributed by atoms with E-state index in [0.717, 1.165) is 31.1 Å². The summed E-state index contributed by atoms with van der Waals surface area (Å²) in [6.45, 7) is 7.00. The van der Waals surface area contributed by atoms with Crippen LogP contribution in [0.5, 0.6) is 5.75 Å². The van der Waals surface area contributed by atoms with Crippen molar-refractivity contribution >= 4 is 17.4 Å². The van der Waals surface area contributed by atoms with Gasteiger partial charge in [0.25, 0.3) is 0 Å². The molecule has 0 spiro atoms. The molecule has 0 aromatic heterocycles. The Kier molecular flexibility index (Phi) is 4.78. The molecular formula is C14H22N2OS. The Bertz CT molecular complexity index is 367. The average molecular weight is 266 g/mol. The van der Waals surface area contributed by atoms with Gasteiger partial charge >= 0.3 is 0 Å². The molecule has 1 heterocycles. The van der Waals surface area contributed by atoms with E-state index in [-0.39, 0.29) is 6.10 Å². The summed E-state index contributed by atoms with van der Waals surface area (Å²) >= 11 is 1.98. The van der Waals surface area contributed by atoms with Crippen molar-refractivity contribution in [2.45, 2.75) is 25.2 Å². The van der Waals surface area contributed by atoms with Crippen LogP contribution < -0.4 is 15.4 Å². The van der Waals surface area contributed by atoms with E-state index in [1.54, 1.807) is 0 Å². The number of nitrogens with zero attached hydrogens (tertiary/aromatic N) is 1. The SMILES string of the molecule is CC(C)Oc1ccc(N2CCSC(CN)C2)cc1. The summed E-state index contributed by atoms with van der Waals surface area (Å²) in [6, 6.07) is 8.38. The molecule has 0 saturated carbocycles. The fraction of sp³-hybridized carbons (Fsp3) is 0.571. The summed E-state index contributed by atoms with van der Waals surface area (Å²) in [5.74, 6) is 2.10. The van der Waals surface area contributed by atoms with Crippen LogP contribution in [0.4, 0.5) is 5.69 Å². The predicted molar refractivity (Wildman–Crippen MR) is 79.7 cm³/mol. The van der Waals surface area contributed by atoms with Gasteiger partial charge in [0.05, 0.1) is 6.10 Å². The van der Waals surface area contributed by atoms with Gasteiger partial charge in [-0.15, -0.1) is 0 Å². The van der Waals surface area contributed by atoms with E-state index in [0.29, 0.717) is 5.25 Å². The lowest BCUT2D eigenvalue weighted by Gasteiger charge is -2.33. The minimum Gasteiger partial charge on any atom is -0.491 e. The number of thioether (sulfide) groups is 1. The Morgan fingerprint density at radius 2 is 2.11 bits per heavy atom. The van der Waals surface area contributed by atoms with Crippen LogP contribution in [-0.4, -0.2) is 36.7 Å². The van der Waals surface area contributed by atoms with Gasteiger partial charge < -0.3 is 15.4 Å². The molecule has 0 radical (unpaired) electrons. The van der Waals surface area contributed by atoms with Crippen LogP contribution in [0.1, 0.15) is 13.8 Å². The van der Waals surface area contributed by atoms with Gasteiger partial charge in [-0.05, 0) is 38.1 Å². The lowest BCUT2D eigenvalue weighted by atomic mass is 10.2. The fourth-order valence-electron chi connectivity index (χ4n) is 2.10. The molecular weight excluding hydrogens is 244 g/mol. The van der Waals surface area contributed by atoms with Gasteiger partial charge in [0.1, 0.15) is 5.75 Å². The third-order valence-electron chi connectivity index (χ3n) is 2.98. The van der Waals surface area contributed by atoms with E-state index in [2.05, 4.69) is 29.2 Å². The van der Waals surface area contributed by atoms with Crippen molar-refractivity contribution in [3.8, 4) is 5.75 Å². The zero-order chi connectivity index (χ0) is 13.0. The summed E-state index contributed by atoms with van der Waals surface area (Å²) in [6.07, 6.45) is 0.226. The fourth-order valence-corrected chi connectivity index (χ4v) is 3.18. The highest BCUT2D eigenvalue weighted by Crippen LogP contribution is 2.25. The minimum absolute atomic E-state index is 0.226. The second-order valence-corrected chi connectivity index (χ2v) is 6.24. The zero-order valence-electron chi connectivity index (χ0n) is 11.1. The number of hydrogen-bond acceptors (Lipinski definition) is 4. The van der Waals surface area contributed by atoms with Gasteiger partial charge in [-0.1, -0.05) is 0 Å². The molecule has 1 fully saturated rings. The van der Waals surface area contributed by atoms with Gasteiger partial charge in [0.2, 0.25) is 0 Å². The molecule has 1 aromatic carbocycles. The van der Waals surface area contributed by atoms with Gasteiger partial charge in [0, 0.05) is 36.3 Å². The Balaban J connectivity index is 2.00. The van der Waals surface area contributed by atoms with Crippen molar-refractivity contribution in [3.63, 3.8) is 0 Å². The van der Waals surface area contributed by atoms with E-state index in [1.165, 1.54) is 5.69 Å². The van der Waals surface area contributed by atoms with Crippen LogP contribution in [0.25, 0.3) is 0 Å². The first-order valence-electron chi connectivity index (χ1n) is 6.52. The maximum atomic E-state index is 5.75. The topological polar surface area (TPSA) is 38.5 Å². The number of hydrogen-bond donors (Lipinski definition) is 1. The number of rotatable bonds is 4. The highest BCUT2D eigenvalue weighted by Gasteiger charge is 2.19. The number of benzene rings is 1. The highest BCUT2D eigenvalue weighted by molar-refractivity contribution is 8.00. The molecule has 2 N–H and O–H groups in total. The first-order valence-corrected chi connectivity index (χ1v) is 7.57. The molecule has 100 valence electrons. The highest BCUT2D eigenvalue weighted by atomic mass is 32.2. The molecule has 0 amide bonds. The molecule has 0 bridgehead atoms. The molecule has 1 atom stereocenters. The van der Waals surface area contributed by atoms with Crippen molar-refractivity contribution < 1.29 is 4.74 Å². The normalized spacial score (nSPS) is 20.2. The molecule has 1 aliphatic rings. The van der Waals surface area contributed by atoms with E-state index in [9.17, 15) is 0 Å². The van der Waals surface area contributed by atoms with Crippen LogP contribution in [0.3, 0.4) is 0 Å². The summed E-state index contributed by atoms with van der Waals surface area (Å²) < 4.78 is 5.66. The summed E-state index contributed by atoms with van der Waals surface area (Å²) in [7, 11) is 0. The lowest BCUT2D eigenvalue weighted by molar-refractivity contribution is 0.242. The Labute approximate surface area is 114 Å². The first-order chi connectivity index (χ1) is 8.69. The van der Waals surface area contributed by atoms with E-state index >= 15 is 0 Å². The second-order valence-electron chi connectivity index (χ2n) is 4.84. The van der Waals surface area contributed by atoms with Crippen LogP contribution in [-0.2, 0) is 0 Å². The van der Waals surface area contributed by atoms with Crippen molar-refractivity contribution in [3.05, 3.63) is 24.3 Å². The third-order valence-corrected chi connectivity index (χ3v) is 4.21. The predicted octanol–water partition coefficient (Wildman–Crippen LogP) is 2.35. The molecule has 18 heavy (non-hydrogen) atoms. The smallest absolute Gasteiger partial charge is 0.119 e. The van der Waals surface area contributed by atoms with E-state index in [1.807, 2.05) is 25.6 Å². The average Bonchev–Trinajstić information content (AvgIpc) is 2.39. The molecule has 0 aliphatic carbocycles. The maximum Gasteiger partial charge on any atom is 0.119 e. The van der Waals surface area contributed by atoms with Gasteiger partial charge in [-0.25, -0.2) is 0 Å². The van der Waals surface area contributed by atoms with Crippen molar-refractivity contribution in [1.29, 1.82) is 0 Å². The van der Waals surface area contributed by atoms with Crippen LogP contribution in [0.15, 0.2) is 24.3 Å². The second kappa shape index (κ2) is 6.34. The van der Waals surface area contributed by atoms with E-state index in [4.69, 9.17) is 10.5 Å². The minimum atomic E-state index is 0.226. The van der Waals surface area contributed by atoms with Crippen molar-refractivity contribution in [1.82, 2.24) is 0 Å². The zero-order valence-corrected chi connectivity index (χ0v) is 12.0. The van der Waals surface area contributed by atoms with Gasteiger partial charge in [-0.2, -0.15) is 11.8 Å². The molecule has 1 aliphatic heterocycles. The Morgan fingerprint density at radius 3 is 2.72 bits per heavy atom. The maximum absolute atomic E-state index is 5.75. The molecule has 3 nitrogen and oxygen atoms in total. The summed E-state index contributed by atoms with van der Waals surface area (Å²) in [5.41, 5.74) is 7.02. The molecule has 4 heteroatoms. The Hall–Kier alpha value is -0.870. The quantitative estimate of drug-likeness (QED) is 0.908. The molecule has 1 unspecified atom stereocenters. The molecule has 2 rings (SSSR count). The van der Waals surface area contributed by atoms with Crippen LogP contribution >= 0.6 is 11.8 Å². The van der Waals surface area contributed by atoms with E-state index < -0.39 is 0 Å². The summed E-state index contributed by atoms with van der Waals surface area (Å²) in [4.78, 5) is 2.41. The molecule has 1 aromatic rings. The number of ether oxygens (including phenoxy) is 1. The van der Waals surface area contributed by atoms with Gasteiger partial charge in [0.15, 0.2) is 0 Å². The summed E-state index contributed by atoms with van der Waals surface area (Å²) in [5, 5.41) is 0.561. The third kappa shape index (κ3) is 3.56. The largest absolute Gasteiger partial charge is 0.491 e. The van der Waals surface area contributed by atoms with Crippen molar-refractivity contribution in [2.75, 3.05) is 30.3 Å². The monoisotopic (exact) mass is 266 g/mol. The lowest BCUT2D eigenvalue weighted by Crippen LogP contribution is -2.40. The van der Waals surface area contributed by atoms with Gasteiger partial charge in [-0.3, -0.25) is 0 Å². The standard InChI is InChI=1S/C14H22N2OS/c1-11(2)17-13-5-3-12(4-6-13)16-7-8-18-14(9-15)10-16/h3-6,11,14H,7-10,15H2,1-2H3. The van der Waals surface area contributed by atoms with Crippen LogP contribution in [0, 0.1) is 0 Å². The number of nitrogens with two attached hydrogens (primary N) is 1. The Morgan fingerprint density at radius 1 is 1.39 bits per heavy atom. The number of anilines is 1. The molecule has 1 saturated heterocycles. The van der Waals surface area contributed by atoms with Crippen molar-refractivity contribution in [2.24, 2.45) is 5.73 Å². The van der Waals surface area contributed by atoms with Crippen LogP contribution in [0.2, 0.25) is 0 Å².